The molecule has 0 fully saturated rings. The normalized spacial score (nSPS) is 15.7. The van der Waals surface area contributed by atoms with E-state index in [1.165, 1.54) is 19.3 Å². The first-order valence-corrected chi connectivity index (χ1v) is 5.68. The molecule has 3 N–H and O–H groups in total. The van der Waals surface area contributed by atoms with Gasteiger partial charge in [0.2, 0.25) is 0 Å². The van der Waals surface area contributed by atoms with Crippen molar-refractivity contribution in [1.29, 1.82) is 0 Å². The van der Waals surface area contributed by atoms with E-state index in [1.807, 2.05) is 0 Å². The first kappa shape index (κ1) is 12.9. The Balaban J connectivity index is 3.50. The molecule has 0 rings (SSSR count). The maximum atomic E-state index is 5.44. The summed E-state index contributed by atoms with van der Waals surface area (Å²) in [7, 11) is 0. The predicted molar refractivity (Wildman–Crippen MR) is 59.8 cm³/mol. The van der Waals surface area contributed by atoms with Crippen LogP contribution >= 0.6 is 0 Å². The summed E-state index contributed by atoms with van der Waals surface area (Å²) >= 11 is 0. The molecule has 0 spiro atoms. The van der Waals surface area contributed by atoms with Gasteiger partial charge in [-0.1, -0.05) is 27.2 Å². The molecule has 0 bridgehead atoms. The molecule has 0 aromatic heterocycles. The van der Waals surface area contributed by atoms with Crippen molar-refractivity contribution in [3.63, 3.8) is 0 Å². The van der Waals surface area contributed by atoms with Gasteiger partial charge in [-0.2, -0.15) is 0 Å². The lowest BCUT2D eigenvalue weighted by Crippen LogP contribution is -2.31. The van der Waals surface area contributed by atoms with E-state index in [4.69, 9.17) is 5.73 Å². The van der Waals surface area contributed by atoms with Gasteiger partial charge in [0.1, 0.15) is 0 Å². The highest BCUT2D eigenvalue weighted by atomic mass is 14.9. The van der Waals surface area contributed by atoms with Crippen molar-refractivity contribution in [2.45, 2.75) is 52.5 Å². The number of rotatable bonds is 8. The first-order valence-electron chi connectivity index (χ1n) is 5.68. The third-order valence-corrected chi connectivity index (χ3v) is 2.69. The van der Waals surface area contributed by atoms with Crippen LogP contribution in [-0.4, -0.2) is 19.1 Å². The van der Waals surface area contributed by atoms with E-state index in [-0.39, 0.29) is 0 Å². The van der Waals surface area contributed by atoms with Gasteiger partial charge in [0, 0.05) is 6.04 Å². The quantitative estimate of drug-likeness (QED) is 0.570. The zero-order valence-electron chi connectivity index (χ0n) is 9.47. The monoisotopic (exact) mass is 186 g/mol. The molecule has 2 nitrogen and oxygen atoms in total. The molecule has 0 aliphatic rings. The zero-order valence-corrected chi connectivity index (χ0v) is 9.47. The average molecular weight is 186 g/mol. The Morgan fingerprint density at radius 1 is 1.23 bits per heavy atom. The van der Waals surface area contributed by atoms with E-state index in [2.05, 4.69) is 26.1 Å². The summed E-state index contributed by atoms with van der Waals surface area (Å²) in [4.78, 5) is 0. The third kappa shape index (κ3) is 7.03. The molecule has 0 saturated heterocycles. The Labute approximate surface area is 83.3 Å². The number of hydrogen-bond donors (Lipinski definition) is 2. The molecular weight excluding hydrogens is 160 g/mol. The van der Waals surface area contributed by atoms with E-state index in [9.17, 15) is 0 Å². The standard InChI is InChI=1S/C11H26N2/c1-4-10(3)9-11(5-2)13-8-6-7-12/h10-11,13H,4-9,12H2,1-3H3. The van der Waals surface area contributed by atoms with Gasteiger partial charge >= 0.3 is 0 Å². The Morgan fingerprint density at radius 2 is 1.92 bits per heavy atom. The largest absolute Gasteiger partial charge is 0.330 e. The molecule has 0 radical (unpaired) electrons. The molecule has 0 aliphatic heterocycles. The van der Waals surface area contributed by atoms with Gasteiger partial charge in [0.15, 0.2) is 0 Å². The summed E-state index contributed by atoms with van der Waals surface area (Å²) in [5.41, 5.74) is 5.44. The number of nitrogens with two attached hydrogens (primary N) is 1. The highest BCUT2D eigenvalue weighted by Gasteiger charge is 2.08. The fourth-order valence-electron chi connectivity index (χ4n) is 1.45. The van der Waals surface area contributed by atoms with Crippen LogP contribution in [0.2, 0.25) is 0 Å². The summed E-state index contributed by atoms with van der Waals surface area (Å²) in [6.07, 6.45) is 4.92. The van der Waals surface area contributed by atoms with Gasteiger partial charge in [-0.3, -0.25) is 0 Å². The minimum absolute atomic E-state index is 0.696. The zero-order chi connectivity index (χ0) is 10.1. The van der Waals surface area contributed by atoms with Gasteiger partial charge in [0.25, 0.3) is 0 Å². The Kier molecular flexibility index (Phi) is 8.46. The van der Waals surface area contributed by atoms with Crippen molar-refractivity contribution < 1.29 is 0 Å². The van der Waals surface area contributed by atoms with Gasteiger partial charge < -0.3 is 11.1 Å². The van der Waals surface area contributed by atoms with Gasteiger partial charge in [-0.15, -0.1) is 0 Å². The Bertz CT molecular complexity index is 104. The van der Waals surface area contributed by atoms with Crippen molar-refractivity contribution in [2.75, 3.05) is 13.1 Å². The molecule has 0 aromatic rings. The first-order chi connectivity index (χ1) is 6.24. The molecule has 13 heavy (non-hydrogen) atoms. The van der Waals surface area contributed by atoms with Crippen LogP contribution in [-0.2, 0) is 0 Å². The molecule has 0 aliphatic carbocycles. The van der Waals surface area contributed by atoms with Gasteiger partial charge in [-0.25, -0.2) is 0 Å². The van der Waals surface area contributed by atoms with Crippen molar-refractivity contribution >= 4 is 0 Å². The molecule has 2 heteroatoms. The van der Waals surface area contributed by atoms with Crippen LogP contribution in [0.15, 0.2) is 0 Å². The van der Waals surface area contributed by atoms with Crippen LogP contribution in [0.1, 0.15) is 46.5 Å². The third-order valence-electron chi connectivity index (χ3n) is 2.69. The predicted octanol–water partition coefficient (Wildman–Crippen LogP) is 2.14. The highest BCUT2D eigenvalue weighted by molar-refractivity contribution is 4.67. The fraction of sp³-hybridized carbons (Fsp3) is 1.00. The molecular formula is C11H26N2. The number of hydrogen-bond acceptors (Lipinski definition) is 2. The Morgan fingerprint density at radius 3 is 2.38 bits per heavy atom. The lowest BCUT2D eigenvalue weighted by atomic mass is 9.98. The van der Waals surface area contributed by atoms with Crippen LogP contribution in [0.5, 0.6) is 0 Å². The molecule has 0 aromatic carbocycles. The van der Waals surface area contributed by atoms with Crippen LogP contribution in [0.25, 0.3) is 0 Å². The molecule has 0 saturated carbocycles. The molecule has 2 atom stereocenters. The van der Waals surface area contributed by atoms with Crippen LogP contribution in [0.3, 0.4) is 0 Å². The molecule has 0 amide bonds. The lowest BCUT2D eigenvalue weighted by Gasteiger charge is -2.20. The maximum absolute atomic E-state index is 5.44. The highest BCUT2D eigenvalue weighted by Crippen LogP contribution is 2.11. The van der Waals surface area contributed by atoms with Gasteiger partial charge in [0.05, 0.1) is 0 Å². The maximum Gasteiger partial charge on any atom is 0.00669 e. The summed E-state index contributed by atoms with van der Waals surface area (Å²) in [6, 6.07) is 0.696. The minimum atomic E-state index is 0.696. The Hall–Kier alpha value is -0.0800. The van der Waals surface area contributed by atoms with Crippen molar-refractivity contribution in [1.82, 2.24) is 5.32 Å². The van der Waals surface area contributed by atoms with E-state index in [0.717, 1.165) is 25.4 Å². The average Bonchev–Trinajstić information content (AvgIpc) is 2.16. The summed E-state index contributed by atoms with van der Waals surface area (Å²) in [5, 5.41) is 3.56. The fourth-order valence-corrected chi connectivity index (χ4v) is 1.45. The van der Waals surface area contributed by atoms with Crippen molar-refractivity contribution in [3.05, 3.63) is 0 Å². The minimum Gasteiger partial charge on any atom is -0.330 e. The lowest BCUT2D eigenvalue weighted by molar-refractivity contribution is 0.384. The second-order valence-corrected chi connectivity index (χ2v) is 3.95. The van der Waals surface area contributed by atoms with Crippen molar-refractivity contribution in [2.24, 2.45) is 11.7 Å². The second kappa shape index (κ2) is 8.52. The molecule has 80 valence electrons. The SMILES string of the molecule is CCC(C)CC(CC)NCCCN. The summed E-state index contributed by atoms with van der Waals surface area (Å²) < 4.78 is 0. The van der Waals surface area contributed by atoms with Crippen molar-refractivity contribution in [3.8, 4) is 0 Å². The second-order valence-electron chi connectivity index (χ2n) is 3.95. The van der Waals surface area contributed by atoms with E-state index in [1.54, 1.807) is 0 Å². The molecule has 2 unspecified atom stereocenters. The molecule has 0 heterocycles. The van der Waals surface area contributed by atoms with Crippen LogP contribution < -0.4 is 11.1 Å². The summed E-state index contributed by atoms with van der Waals surface area (Å²) in [6.45, 7) is 8.71. The van der Waals surface area contributed by atoms with E-state index in [0.29, 0.717) is 6.04 Å². The topological polar surface area (TPSA) is 38.0 Å². The van der Waals surface area contributed by atoms with E-state index >= 15 is 0 Å². The summed E-state index contributed by atoms with van der Waals surface area (Å²) in [5.74, 6) is 0.843. The van der Waals surface area contributed by atoms with Gasteiger partial charge in [-0.05, 0) is 38.3 Å². The number of nitrogens with one attached hydrogen (secondary N) is 1. The smallest absolute Gasteiger partial charge is 0.00669 e. The van der Waals surface area contributed by atoms with E-state index < -0.39 is 0 Å². The van der Waals surface area contributed by atoms with Crippen LogP contribution in [0, 0.1) is 5.92 Å². The van der Waals surface area contributed by atoms with Crippen LogP contribution in [0.4, 0.5) is 0 Å².